The van der Waals surface area contributed by atoms with Crippen molar-refractivity contribution in [3.63, 3.8) is 0 Å². The van der Waals surface area contributed by atoms with E-state index in [0.717, 1.165) is 17.0 Å². The van der Waals surface area contributed by atoms with Crippen LogP contribution >= 0.6 is 22.7 Å². The predicted molar refractivity (Wildman–Crippen MR) is 101 cm³/mol. The first kappa shape index (κ1) is 16.0. The zero-order valence-electron chi connectivity index (χ0n) is 13.4. The summed E-state index contributed by atoms with van der Waals surface area (Å²) in [5.74, 6) is -0.124. The molecule has 3 aromatic rings. The van der Waals surface area contributed by atoms with Gasteiger partial charge in [0, 0.05) is 34.0 Å². The highest BCUT2D eigenvalue weighted by atomic mass is 32.1. The summed E-state index contributed by atoms with van der Waals surface area (Å²) in [6.45, 7) is 2.70. The Morgan fingerprint density at radius 1 is 1.20 bits per heavy atom. The van der Waals surface area contributed by atoms with Crippen molar-refractivity contribution in [3.8, 4) is 9.75 Å². The minimum absolute atomic E-state index is 0.0127. The molecule has 4 rings (SSSR count). The number of nitro benzene ring substituents is 1. The van der Waals surface area contributed by atoms with E-state index in [1.54, 1.807) is 27.6 Å². The zero-order chi connectivity index (χ0) is 17.6. The lowest BCUT2D eigenvalue weighted by atomic mass is 10.1. The van der Waals surface area contributed by atoms with Crippen LogP contribution in [0.15, 0.2) is 41.8 Å². The van der Waals surface area contributed by atoms with Crippen molar-refractivity contribution in [1.82, 2.24) is 0 Å². The number of anilines is 1. The molecule has 0 saturated carbocycles. The molecule has 3 heterocycles. The molecular formula is C18H14N2O3S2. The number of hydrogen-bond acceptors (Lipinski definition) is 5. The second-order valence-corrected chi connectivity index (χ2v) is 8.03. The largest absolute Gasteiger partial charge is 0.307 e. The van der Waals surface area contributed by atoms with E-state index in [0.29, 0.717) is 12.1 Å². The van der Waals surface area contributed by atoms with Gasteiger partial charge in [-0.15, -0.1) is 22.7 Å². The van der Waals surface area contributed by atoms with Gasteiger partial charge in [-0.25, -0.2) is 0 Å². The Hall–Kier alpha value is -2.51. The second kappa shape index (κ2) is 6.09. The number of thiophene rings is 2. The van der Waals surface area contributed by atoms with Crippen molar-refractivity contribution in [1.29, 1.82) is 0 Å². The SMILES string of the molecule is Cc1cc2c(s1)-c1sccc1N(C(=O)c1ccc([N+](=O)[O-])cc1)CC2. The maximum absolute atomic E-state index is 13.0. The third-order valence-electron chi connectivity index (χ3n) is 4.25. The van der Waals surface area contributed by atoms with Gasteiger partial charge >= 0.3 is 0 Å². The zero-order valence-corrected chi connectivity index (χ0v) is 15.0. The molecular weight excluding hydrogens is 356 g/mol. The molecule has 0 aliphatic carbocycles. The summed E-state index contributed by atoms with van der Waals surface area (Å²) in [4.78, 5) is 28.8. The average Bonchev–Trinajstić information content (AvgIpc) is 3.19. The number of nitro groups is 1. The minimum Gasteiger partial charge on any atom is -0.307 e. The molecule has 1 amide bonds. The van der Waals surface area contributed by atoms with Gasteiger partial charge in [0.2, 0.25) is 0 Å². The van der Waals surface area contributed by atoms with E-state index < -0.39 is 4.92 Å². The third-order valence-corrected chi connectivity index (χ3v) is 6.41. The third kappa shape index (κ3) is 2.75. The van der Waals surface area contributed by atoms with E-state index in [1.165, 1.54) is 39.6 Å². The number of aryl methyl sites for hydroxylation is 1. The quantitative estimate of drug-likeness (QED) is 0.476. The molecule has 0 saturated heterocycles. The molecule has 0 N–H and O–H groups in total. The molecule has 1 aliphatic heterocycles. The number of hydrogen-bond donors (Lipinski definition) is 0. The van der Waals surface area contributed by atoms with Crippen LogP contribution in [0.1, 0.15) is 20.8 Å². The monoisotopic (exact) mass is 370 g/mol. The summed E-state index contributed by atoms with van der Waals surface area (Å²) in [6.07, 6.45) is 0.805. The first-order valence-corrected chi connectivity index (χ1v) is 9.47. The van der Waals surface area contributed by atoms with Crippen LogP contribution in [0.2, 0.25) is 0 Å². The molecule has 1 aliphatic rings. The van der Waals surface area contributed by atoms with Crippen molar-refractivity contribution in [3.05, 3.63) is 67.9 Å². The summed E-state index contributed by atoms with van der Waals surface area (Å²) in [6, 6.07) is 9.98. The Morgan fingerprint density at radius 2 is 1.96 bits per heavy atom. The first-order chi connectivity index (χ1) is 12.0. The van der Waals surface area contributed by atoms with Gasteiger partial charge in [0.1, 0.15) is 0 Å². The number of carbonyl (C=O) groups excluding carboxylic acids is 1. The smallest absolute Gasteiger partial charge is 0.269 e. The van der Waals surface area contributed by atoms with E-state index in [-0.39, 0.29) is 11.6 Å². The minimum atomic E-state index is -0.461. The van der Waals surface area contributed by atoms with Crippen LogP contribution in [-0.4, -0.2) is 17.4 Å². The molecule has 0 unspecified atom stereocenters. The summed E-state index contributed by atoms with van der Waals surface area (Å²) < 4.78 is 0. The lowest BCUT2D eigenvalue weighted by Crippen LogP contribution is -2.32. The van der Waals surface area contributed by atoms with Crippen molar-refractivity contribution in [2.45, 2.75) is 13.3 Å². The van der Waals surface area contributed by atoms with E-state index in [2.05, 4.69) is 13.0 Å². The fourth-order valence-corrected chi connectivity index (χ4v) is 5.23. The van der Waals surface area contributed by atoms with Gasteiger partial charge in [0.15, 0.2) is 0 Å². The van der Waals surface area contributed by atoms with Gasteiger partial charge < -0.3 is 4.90 Å². The van der Waals surface area contributed by atoms with Crippen LogP contribution < -0.4 is 4.90 Å². The normalized spacial score (nSPS) is 13.1. The molecule has 7 heteroatoms. The van der Waals surface area contributed by atoms with Gasteiger partial charge in [-0.1, -0.05) is 0 Å². The molecule has 25 heavy (non-hydrogen) atoms. The number of nitrogens with zero attached hydrogens (tertiary/aromatic N) is 2. The van der Waals surface area contributed by atoms with Gasteiger partial charge in [-0.3, -0.25) is 14.9 Å². The van der Waals surface area contributed by atoms with Crippen molar-refractivity contribution < 1.29 is 9.72 Å². The average molecular weight is 370 g/mol. The van der Waals surface area contributed by atoms with Crippen LogP contribution in [-0.2, 0) is 6.42 Å². The molecule has 2 aromatic heterocycles. The lowest BCUT2D eigenvalue weighted by Gasteiger charge is -2.21. The maximum Gasteiger partial charge on any atom is 0.269 e. The Bertz CT molecular complexity index is 973. The van der Waals surface area contributed by atoms with E-state index in [4.69, 9.17) is 0 Å². The van der Waals surface area contributed by atoms with Crippen LogP contribution in [0.3, 0.4) is 0 Å². The van der Waals surface area contributed by atoms with Crippen molar-refractivity contribution in [2.24, 2.45) is 0 Å². The van der Waals surface area contributed by atoms with Crippen LogP contribution in [0.5, 0.6) is 0 Å². The second-order valence-electron chi connectivity index (χ2n) is 5.86. The van der Waals surface area contributed by atoms with Gasteiger partial charge in [0.05, 0.1) is 15.5 Å². The van der Waals surface area contributed by atoms with Crippen molar-refractivity contribution in [2.75, 3.05) is 11.4 Å². The highest BCUT2D eigenvalue weighted by Crippen LogP contribution is 2.44. The van der Waals surface area contributed by atoms with Gasteiger partial charge in [-0.2, -0.15) is 0 Å². The summed E-state index contributed by atoms with van der Waals surface area (Å²) in [7, 11) is 0. The number of non-ortho nitro benzene ring substituents is 1. The summed E-state index contributed by atoms with van der Waals surface area (Å²) >= 11 is 3.41. The van der Waals surface area contributed by atoms with E-state index >= 15 is 0 Å². The van der Waals surface area contributed by atoms with Crippen LogP contribution in [0, 0.1) is 17.0 Å². The highest BCUT2D eigenvalue weighted by Gasteiger charge is 2.27. The summed E-state index contributed by atoms with van der Waals surface area (Å²) in [5.41, 5.74) is 2.66. The standard InChI is InChI=1S/C18H14N2O3S2/c1-11-10-13-6-8-19(15-7-9-24-17(15)16(13)25-11)18(21)12-2-4-14(5-3-12)20(22)23/h2-5,7,9-10H,6,8H2,1H3. The molecule has 0 fully saturated rings. The van der Waals surface area contributed by atoms with Crippen LogP contribution in [0.25, 0.3) is 9.75 Å². The number of rotatable bonds is 2. The van der Waals surface area contributed by atoms with E-state index in [1.807, 2.05) is 11.4 Å². The first-order valence-electron chi connectivity index (χ1n) is 7.78. The predicted octanol–water partition coefficient (Wildman–Crippen LogP) is 4.90. The molecule has 0 atom stereocenters. The van der Waals surface area contributed by atoms with Crippen LogP contribution in [0.4, 0.5) is 11.4 Å². The van der Waals surface area contributed by atoms with E-state index in [9.17, 15) is 14.9 Å². The number of carbonyl (C=O) groups is 1. The summed E-state index contributed by atoms with van der Waals surface area (Å²) in [5, 5.41) is 12.8. The number of fused-ring (bicyclic) bond motifs is 3. The molecule has 0 radical (unpaired) electrons. The van der Waals surface area contributed by atoms with Gasteiger partial charge in [-0.05, 0) is 48.6 Å². The molecule has 5 nitrogen and oxygen atoms in total. The van der Waals surface area contributed by atoms with Crippen molar-refractivity contribution >= 4 is 40.0 Å². The highest BCUT2D eigenvalue weighted by molar-refractivity contribution is 7.22. The Morgan fingerprint density at radius 3 is 2.68 bits per heavy atom. The fraction of sp³-hybridized carbons (Fsp3) is 0.167. The number of benzene rings is 1. The maximum atomic E-state index is 13.0. The molecule has 0 bridgehead atoms. The Balaban J connectivity index is 1.71. The Labute approximate surface area is 152 Å². The molecule has 126 valence electrons. The number of amides is 1. The topological polar surface area (TPSA) is 63.5 Å². The lowest BCUT2D eigenvalue weighted by molar-refractivity contribution is -0.384. The molecule has 0 spiro atoms. The molecule has 1 aromatic carbocycles. The Kier molecular flexibility index (Phi) is 3.89. The van der Waals surface area contributed by atoms with Gasteiger partial charge in [0.25, 0.3) is 11.6 Å². The fourth-order valence-electron chi connectivity index (χ4n) is 3.07.